The van der Waals surface area contributed by atoms with E-state index in [0.29, 0.717) is 25.2 Å². The van der Waals surface area contributed by atoms with Crippen LogP contribution in [-0.2, 0) is 11.4 Å². The summed E-state index contributed by atoms with van der Waals surface area (Å²) in [6.45, 7) is 0.0687. The highest BCUT2D eigenvalue weighted by Gasteiger charge is 2.35. The van der Waals surface area contributed by atoms with Crippen LogP contribution in [0, 0.1) is 0 Å². The van der Waals surface area contributed by atoms with Crippen LogP contribution in [0.15, 0.2) is 18.3 Å². The van der Waals surface area contributed by atoms with Crippen LogP contribution in [0.4, 0.5) is 23.8 Å². The second kappa shape index (κ2) is 9.21. The molecule has 2 fully saturated rings. The maximum Gasteiger partial charge on any atom is 0.409 e. The van der Waals surface area contributed by atoms with Gasteiger partial charge in [0.1, 0.15) is 19.1 Å². The Morgan fingerprint density at radius 1 is 1.28 bits per heavy atom. The summed E-state index contributed by atoms with van der Waals surface area (Å²) in [6.07, 6.45) is 2.14. The van der Waals surface area contributed by atoms with Crippen LogP contribution in [0.5, 0.6) is 5.88 Å². The van der Waals surface area contributed by atoms with Crippen LogP contribution < -0.4 is 10.1 Å². The first kappa shape index (κ1) is 22.2. The maximum absolute atomic E-state index is 13.5. The van der Waals surface area contributed by atoms with Crippen molar-refractivity contribution in [3.63, 3.8) is 0 Å². The molecule has 1 saturated carbocycles. The number of halogens is 3. The minimum absolute atomic E-state index is 0.138. The molecule has 32 heavy (non-hydrogen) atoms. The van der Waals surface area contributed by atoms with Crippen molar-refractivity contribution < 1.29 is 27.4 Å². The quantitative estimate of drug-likeness (QED) is 0.686. The van der Waals surface area contributed by atoms with Crippen LogP contribution in [0.25, 0.3) is 5.95 Å². The van der Waals surface area contributed by atoms with E-state index in [-0.39, 0.29) is 49.1 Å². The lowest BCUT2D eigenvalue weighted by Gasteiger charge is -2.39. The molecule has 4 rings (SSSR count). The maximum atomic E-state index is 13.5. The molecule has 0 spiro atoms. The molecule has 1 aliphatic carbocycles. The Balaban J connectivity index is 1.50. The highest BCUT2D eigenvalue weighted by molar-refractivity contribution is 5.68. The zero-order valence-electron chi connectivity index (χ0n) is 17.6. The van der Waals surface area contributed by atoms with E-state index < -0.39 is 18.7 Å². The molecule has 1 atom stereocenters. The van der Waals surface area contributed by atoms with E-state index >= 15 is 0 Å². The van der Waals surface area contributed by atoms with Crippen LogP contribution >= 0.6 is 0 Å². The molecule has 1 aliphatic heterocycles. The number of ether oxygens (including phenoxy) is 2. The molecule has 12 heteroatoms. The van der Waals surface area contributed by atoms with E-state index in [4.69, 9.17) is 9.47 Å². The van der Waals surface area contributed by atoms with Gasteiger partial charge in [-0.3, -0.25) is 0 Å². The van der Waals surface area contributed by atoms with E-state index in [1.807, 2.05) is 0 Å². The van der Waals surface area contributed by atoms with Crippen molar-refractivity contribution in [1.82, 2.24) is 24.6 Å². The molecule has 0 bridgehead atoms. The van der Waals surface area contributed by atoms with E-state index in [2.05, 4.69) is 20.4 Å². The summed E-state index contributed by atoms with van der Waals surface area (Å²) in [5, 5.41) is 7.26. The zero-order valence-corrected chi connectivity index (χ0v) is 17.6. The Morgan fingerprint density at radius 2 is 2.06 bits per heavy atom. The zero-order chi connectivity index (χ0) is 22.7. The lowest BCUT2D eigenvalue weighted by atomic mass is 9.92. The number of rotatable bonds is 7. The first-order valence-electron chi connectivity index (χ1n) is 10.5. The van der Waals surface area contributed by atoms with Crippen molar-refractivity contribution in [2.24, 2.45) is 0 Å². The third-order valence-electron chi connectivity index (χ3n) is 5.72. The SMILES string of the molecule is COC(=O)N1CCC1COc1cc(NC2CCC(F)(F)CC2)nc(-n2ccc(CF)n2)n1. The van der Waals surface area contributed by atoms with Crippen LogP contribution in [0.1, 0.15) is 37.8 Å². The predicted molar refractivity (Wildman–Crippen MR) is 108 cm³/mol. The van der Waals surface area contributed by atoms with Crippen LogP contribution in [0.2, 0.25) is 0 Å². The highest BCUT2D eigenvalue weighted by atomic mass is 19.3. The molecule has 2 aliphatic rings. The van der Waals surface area contributed by atoms with Crippen molar-refractivity contribution in [3.05, 3.63) is 24.0 Å². The van der Waals surface area contributed by atoms with Gasteiger partial charge in [-0.25, -0.2) is 22.6 Å². The minimum Gasteiger partial charge on any atom is -0.475 e. The first-order chi connectivity index (χ1) is 15.4. The number of nitrogens with one attached hydrogen (secondary N) is 1. The number of carbonyl (C=O) groups is 1. The molecule has 3 heterocycles. The first-order valence-corrected chi connectivity index (χ1v) is 10.5. The van der Waals surface area contributed by atoms with Gasteiger partial charge in [-0.05, 0) is 25.3 Å². The van der Waals surface area contributed by atoms with Gasteiger partial charge >= 0.3 is 6.09 Å². The molecule has 1 unspecified atom stereocenters. The smallest absolute Gasteiger partial charge is 0.409 e. The van der Waals surface area contributed by atoms with Gasteiger partial charge in [0.2, 0.25) is 11.8 Å². The summed E-state index contributed by atoms with van der Waals surface area (Å²) in [6, 6.07) is 2.79. The van der Waals surface area contributed by atoms with E-state index in [0.717, 1.165) is 6.42 Å². The number of methoxy groups -OCH3 is 1. The molecule has 174 valence electrons. The minimum atomic E-state index is -2.63. The molecule has 0 radical (unpaired) electrons. The topological polar surface area (TPSA) is 94.4 Å². The molecule has 1 N–H and O–H groups in total. The highest BCUT2D eigenvalue weighted by Crippen LogP contribution is 2.34. The predicted octanol–water partition coefficient (Wildman–Crippen LogP) is 3.34. The summed E-state index contributed by atoms with van der Waals surface area (Å²) >= 11 is 0. The Kier molecular flexibility index (Phi) is 6.38. The van der Waals surface area contributed by atoms with Gasteiger partial charge in [0.25, 0.3) is 5.95 Å². The summed E-state index contributed by atoms with van der Waals surface area (Å²) < 4.78 is 51.8. The van der Waals surface area contributed by atoms with Crippen LogP contribution in [-0.4, -0.2) is 69.0 Å². The number of amides is 1. The summed E-state index contributed by atoms with van der Waals surface area (Å²) in [5.41, 5.74) is 0.229. The molecule has 2 aromatic heterocycles. The summed E-state index contributed by atoms with van der Waals surface area (Å²) in [5.74, 6) is -1.84. The standard InChI is InChI=1S/C20H25F3N6O3/c1-31-19(30)28-8-5-15(28)12-32-17-10-16(24-13-2-6-20(22,23)7-3-13)25-18(26-17)29-9-4-14(11-21)27-29/h4,9-10,13,15H,2-3,5-8,11-12H2,1H3,(H,24,25,26). The average Bonchev–Trinajstić information content (AvgIpc) is 3.24. The van der Waals surface area contributed by atoms with Gasteiger partial charge in [-0.2, -0.15) is 15.1 Å². The van der Waals surface area contributed by atoms with Gasteiger partial charge in [0.15, 0.2) is 0 Å². The lowest BCUT2D eigenvalue weighted by Crippen LogP contribution is -2.53. The number of carbonyl (C=O) groups excluding carboxylic acids is 1. The normalized spacial score (nSPS) is 20.5. The van der Waals surface area contributed by atoms with Crippen molar-refractivity contribution >= 4 is 11.9 Å². The fourth-order valence-corrected chi connectivity index (χ4v) is 3.75. The monoisotopic (exact) mass is 454 g/mol. The molecular formula is C20H25F3N6O3. The van der Waals surface area contributed by atoms with Gasteiger partial charge < -0.3 is 19.7 Å². The van der Waals surface area contributed by atoms with Crippen molar-refractivity contribution in [3.8, 4) is 11.8 Å². The Labute approximate surface area is 182 Å². The fourth-order valence-electron chi connectivity index (χ4n) is 3.75. The van der Waals surface area contributed by atoms with Gasteiger partial charge in [0, 0.05) is 37.7 Å². The Bertz CT molecular complexity index is 946. The largest absolute Gasteiger partial charge is 0.475 e. The number of anilines is 1. The van der Waals surface area contributed by atoms with Gasteiger partial charge in [0.05, 0.1) is 18.8 Å². The molecule has 0 aromatic carbocycles. The Hall–Kier alpha value is -3.05. The van der Waals surface area contributed by atoms with Gasteiger partial charge in [-0.15, -0.1) is 0 Å². The summed E-state index contributed by atoms with van der Waals surface area (Å²) in [4.78, 5) is 22.0. The fraction of sp³-hybridized carbons (Fsp3) is 0.600. The van der Waals surface area contributed by atoms with Crippen molar-refractivity contribution in [1.29, 1.82) is 0 Å². The number of aromatic nitrogens is 4. The number of alkyl halides is 3. The van der Waals surface area contributed by atoms with E-state index in [9.17, 15) is 18.0 Å². The Morgan fingerprint density at radius 3 is 2.69 bits per heavy atom. The molecule has 2 aromatic rings. The number of hydrogen-bond acceptors (Lipinski definition) is 7. The average molecular weight is 454 g/mol. The molecule has 9 nitrogen and oxygen atoms in total. The van der Waals surface area contributed by atoms with E-state index in [1.165, 1.54) is 24.1 Å². The third kappa shape index (κ3) is 5.05. The second-order valence-corrected chi connectivity index (χ2v) is 7.97. The van der Waals surface area contributed by atoms with E-state index in [1.54, 1.807) is 11.0 Å². The number of nitrogens with zero attached hydrogens (tertiary/aromatic N) is 5. The van der Waals surface area contributed by atoms with Crippen molar-refractivity contribution in [2.45, 2.75) is 56.8 Å². The van der Waals surface area contributed by atoms with Crippen LogP contribution in [0.3, 0.4) is 0 Å². The number of hydrogen-bond donors (Lipinski definition) is 1. The molecule has 1 amide bonds. The lowest BCUT2D eigenvalue weighted by molar-refractivity contribution is -0.0361. The third-order valence-corrected chi connectivity index (χ3v) is 5.72. The molecule has 1 saturated heterocycles. The molecular weight excluding hydrogens is 429 g/mol. The van der Waals surface area contributed by atoms with Crippen molar-refractivity contribution in [2.75, 3.05) is 25.6 Å². The van der Waals surface area contributed by atoms with Gasteiger partial charge in [-0.1, -0.05) is 0 Å². The second-order valence-electron chi connectivity index (χ2n) is 7.97. The number of likely N-dealkylation sites (tertiary alicyclic amines) is 1. The summed E-state index contributed by atoms with van der Waals surface area (Å²) in [7, 11) is 1.32.